The van der Waals surface area contributed by atoms with Crippen LogP contribution in [0.15, 0.2) is 43.0 Å². The smallest absolute Gasteiger partial charge is 0.416 e. The molecule has 0 aliphatic carbocycles. The molecule has 9 nitrogen and oxygen atoms in total. The van der Waals surface area contributed by atoms with Crippen LogP contribution in [0.5, 0.6) is 5.75 Å². The molecular formula is C24H20Cl2F4N8O. The molecule has 3 aromatic heterocycles. The number of aromatic nitrogens is 5. The fourth-order valence-electron chi connectivity index (χ4n) is 4.10. The van der Waals surface area contributed by atoms with Gasteiger partial charge in [-0.25, -0.2) is 19.3 Å². The molecule has 0 radical (unpaired) electrons. The molecule has 39 heavy (non-hydrogen) atoms. The lowest BCUT2D eigenvalue weighted by Crippen LogP contribution is -2.47. The van der Waals surface area contributed by atoms with Gasteiger partial charge in [-0.1, -0.05) is 23.2 Å². The summed E-state index contributed by atoms with van der Waals surface area (Å²) in [6, 6.07) is 3.59. The summed E-state index contributed by atoms with van der Waals surface area (Å²) in [5, 5.41) is 3.09. The Bertz CT molecular complexity index is 1570. The standard InChI is InChI=1S/C24H20Cl2F4N8O/c1-37-20-18(25)17(39-16(7-31)19-21(26)33-3-2-32-19)8-34-22(20)36-23(37)35-15-5-12(9-38-10-14(27)11-38)4-13(6-15)24(28,29)30/h2-8,14H,9-11,31H2,1H3,(H,34,35,36). The topological polar surface area (TPSA) is 107 Å². The largest absolute Gasteiger partial charge is 0.450 e. The molecule has 0 spiro atoms. The van der Waals surface area contributed by atoms with E-state index in [9.17, 15) is 17.6 Å². The Kier molecular flexibility index (Phi) is 7.23. The van der Waals surface area contributed by atoms with Crippen molar-refractivity contribution in [2.24, 2.45) is 12.8 Å². The Balaban J connectivity index is 1.46. The number of hydrogen-bond acceptors (Lipinski definition) is 8. The van der Waals surface area contributed by atoms with E-state index in [-0.39, 0.29) is 64.3 Å². The number of hydrogen-bond donors (Lipinski definition) is 2. The highest BCUT2D eigenvalue weighted by atomic mass is 35.5. The van der Waals surface area contributed by atoms with Crippen molar-refractivity contribution in [1.82, 2.24) is 29.4 Å². The fourth-order valence-corrected chi connectivity index (χ4v) is 4.60. The van der Waals surface area contributed by atoms with Crippen LogP contribution in [-0.2, 0) is 19.8 Å². The van der Waals surface area contributed by atoms with E-state index in [1.165, 1.54) is 23.2 Å². The summed E-state index contributed by atoms with van der Waals surface area (Å²) in [6.45, 7) is 0.549. The molecule has 0 bridgehead atoms. The molecule has 1 aliphatic rings. The van der Waals surface area contributed by atoms with E-state index in [0.717, 1.165) is 18.3 Å². The highest BCUT2D eigenvalue weighted by molar-refractivity contribution is 6.36. The number of nitrogens with zero attached hydrogens (tertiary/aromatic N) is 6. The summed E-state index contributed by atoms with van der Waals surface area (Å²) >= 11 is 12.7. The van der Waals surface area contributed by atoms with Gasteiger partial charge in [0.15, 0.2) is 22.3 Å². The first kappa shape index (κ1) is 26.9. The maximum Gasteiger partial charge on any atom is 0.416 e. The quantitative estimate of drug-likeness (QED) is 0.223. The molecule has 1 saturated heterocycles. The molecule has 1 aromatic carbocycles. The van der Waals surface area contributed by atoms with Gasteiger partial charge in [-0.2, -0.15) is 18.2 Å². The zero-order chi connectivity index (χ0) is 27.9. The maximum absolute atomic E-state index is 13.6. The molecule has 1 fully saturated rings. The van der Waals surface area contributed by atoms with Crippen LogP contribution in [0.1, 0.15) is 16.8 Å². The third-order valence-corrected chi connectivity index (χ3v) is 6.60. The van der Waals surface area contributed by atoms with Crippen LogP contribution in [-0.4, -0.2) is 48.7 Å². The van der Waals surface area contributed by atoms with E-state index in [4.69, 9.17) is 33.7 Å². The van der Waals surface area contributed by atoms with E-state index >= 15 is 0 Å². The zero-order valence-corrected chi connectivity index (χ0v) is 21.7. The first-order valence-electron chi connectivity index (χ1n) is 11.5. The van der Waals surface area contributed by atoms with Crippen molar-refractivity contribution >= 4 is 51.8 Å². The van der Waals surface area contributed by atoms with Crippen LogP contribution in [0.4, 0.5) is 29.2 Å². The van der Waals surface area contributed by atoms with Gasteiger partial charge in [0, 0.05) is 51.0 Å². The van der Waals surface area contributed by atoms with Gasteiger partial charge in [-0.3, -0.25) is 4.90 Å². The van der Waals surface area contributed by atoms with Crippen molar-refractivity contribution in [2.75, 3.05) is 18.4 Å². The average molecular weight is 583 g/mol. The summed E-state index contributed by atoms with van der Waals surface area (Å²) in [5.41, 5.74) is 6.14. The van der Waals surface area contributed by atoms with Gasteiger partial charge in [0.05, 0.1) is 11.8 Å². The minimum Gasteiger partial charge on any atom is -0.450 e. The van der Waals surface area contributed by atoms with Crippen LogP contribution in [0.3, 0.4) is 0 Å². The van der Waals surface area contributed by atoms with Gasteiger partial charge in [0.25, 0.3) is 0 Å². The summed E-state index contributed by atoms with van der Waals surface area (Å²) in [7, 11) is 1.62. The number of halogens is 6. The van der Waals surface area contributed by atoms with Gasteiger partial charge in [0.2, 0.25) is 5.95 Å². The predicted octanol–water partition coefficient (Wildman–Crippen LogP) is 5.32. The number of pyridine rings is 1. The Labute approximate surface area is 229 Å². The minimum atomic E-state index is -4.58. The number of likely N-dealkylation sites (tertiary alicyclic amines) is 1. The summed E-state index contributed by atoms with van der Waals surface area (Å²) in [4.78, 5) is 18.4. The molecule has 4 heterocycles. The summed E-state index contributed by atoms with van der Waals surface area (Å²) in [5.74, 6) is 0.370. The van der Waals surface area contributed by atoms with Crippen molar-refractivity contribution in [3.63, 3.8) is 0 Å². The number of nitrogens with two attached hydrogens (primary N) is 1. The van der Waals surface area contributed by atoms with Crippen molar-refractivity contribution in [3.05, 3.63) is 70.0 Å². The lowest BCUT2D eigenvalue weighted by atomic mass is 10.1. The number of alkyl halides is 4. The van der Waals surface area contributed by atoms with Crippen molar-refractivity contribution in [1.29, 1.82) is 0 Å². The van der Waals surface area contributed by atoms with Crippen molar-refractivity contribution in [2.45, 2.75) is 18.9 Å². The molecule has 204 valence electrons. The Hall–Kier alpha value is -3.68. The molecule has 0 unspecified atom stereocenters. The van der Waals surface area contributed by atoms with Gasteiger partial charge in [0.1, 0.15) is 22.4 Å². The highest BCUT2D eigenvalue weighted by Crippen LogP contribution is 2.37. The lowest BCUT2D eigenvalue weighted by Gasteiger charge is -2.34. The number of rotatable bonds is 7. The molecule has 5 rings (SSSR count). The van der Waals surface area contributed by atoms with Gasteiger partial charge in [-0.05, 0) is 23.8 Å². The number of fused-ring (bicyclic) bond motifs is 1. The summed E-state index contributed by atoms with van der Waals surface area (Å²) in [6.07, 6.45) is -0.255. The molecule has 3 N–H and O–H groups in total. The van der Waals surface area contributed by atoms with Crippen LogP contribution in [0.25, 0.3) is 16.9 Å². The normalized spacial score (nSPS) is 15.0. The summed E-state index contributed by atoms with van der Waals surface area (Å²) < 4.78 is 61.4. The number of ether oxygens (including phenoxy) is 1. The number of anilines is 2. The third kappa shape index (κ3) is 5.56. The number of aryl methyl sites for hydroxylation is 1. The van der Waals surface area contributed by atoms with Crippen molar-refractivity contribution in [3.8, 4) is 5.75 Å². The molecule has 0 amide bonds. The van der Waals surface area contributed by atoms with Crippen LogP contribution in [0, 0.1) is 0 Å². The maximum atomic E-state index is 13.6. The Morgan fingerprint density at radius 3 is 2.59 bits per heavy atom. The van der Waals surface area contributed by atoms with Crippen LogP contribution >= 0.6 is 23.2 Å². The van der Waals surface area contributed by atoms with Crippen LogP contribution < -0.4 is 15.8 Å². The molecule has 0 saturated carbocycles. The third-order valence-electron chi connectivity index (χ3n) is 5.96. The van der Waals surface area contributed by atoms with Gasteiger partial charge < -0.3 is 20.4 Å². The minimum absolute atomic E-state index is 0.0606. The first-order chi connectivity index (χ1) is 18.5. The first-order valence-corrected chi connectivity index (χ1v) is 12.2. The van der Waals surface area contributed by atoms with E-state index in [0.29, 0.717) is 11.1 Å². The van der Waals surface area contributed by atoms with E-state index in [2.05, 4.69) is 25.3 Å². The van der Waals surface area contributed by atoms with E-state index in [1.807, 2.05) is 0 Å². The molecule has 1 aliphatic heterocycles. The molecule has 15 heteroatoms. The Morgan fingerprint density at radius 2 is 1.92 bits per heavy atom. The number of nitrogens with one attached hydrogen (secondary N) is 1. The second-order valence-electron chi connectivity index (χ2n) is 8.76. The second kappa shape index (κ2) is 10.5. The molecular weight excluding hydrogens is 563 g/mol. The van der Waals surface area contributed by atoms with Gasteiger partial charge in [-0.15, -0.1) is 0 Å². The molecule has 4 aromatic rings. The lowest BCUT2D eigenvalue weighted by molar-refractivity contribution is -0.137. The molecule has 0 atom stereocenters. The predicted molar refractivity (Wildman–Crippen MR) is 138 cm³/mol. The monoisotopic (exact) mass is 582 g/mol. The Morgan fingerprint density at radius 1 is 1.18 bits per heavy atom. The highest BCUT2D eigenvalue weighted by Gasteiger charge is 2.32. The van der Waals surface area contributed by atoms with Crippen molar-refractivity contribution < 1.29 is 22.3 Å². The average Bonchev–Trinajstić information content (AvgIpc) is 3.18. The number of imidazole rings is 1. The fraction of sp³-hybridized carbons (Fsp3) is 0.250. The number of benzene rings is 1. The van der Waals surface area contributed by atoms with E-state index in [1.54, 1.807) is 18.0 Å². The van der Waals surface area contributed by atoms with Gasteiger partial charge >= 0.3 is 6.18 Å². The SMILES string of the molecule is Cn1c(Nc2cc(CN3CC(F)C3)cc(C(F)(F)F)c2)nc2ncc(OC(=CN)c3nccnc3Cl)c(Cl)c21. The zero-order valence-electron chi connectivity index (χ0n) is 20.2. The van der Waals surface area contributed by atoms with Crippen LogP contribution in [0.2, 0.25) is 10.2 Å². The van der Waals surface area contributed by atoms with E-state index < -0.39 is 17.9 Å². The second-order valence-corrected chi connectivity index (χ2v) is 9.50.